The molecule has 1 aromatic rings. The molecule has 0 heterocycles. The molecule has 0 aliphatic rings. The van der Waals surface area contributed by atoms with E-state index in [1.165, 1.54) is 0 Å². The van der Waals surface area contributed by atoms with Crippen molar-refractivity contribution in [2.24, 2.45) is 5.41 Å². The number of nitrogens with one attached hydrogen (secondary N) is 1. The third-order valence-corrected chi connectivity index (χ3v) is 2.87. The maximum atomic E-state index is 12.0. The molecule has 0 atom stereocenters. The Morgan fingerprint density at radius 3 is 2.29 bits per heavy atom. The Morgan fingerprint density at radius 1 is 1.29 bits per heavy atom. The van der Waals surface area contributed by atoms with Crippen LogP contribution in [0, 0.1) is 5.41 Å². The third kappa shape index (κ3) is 4.82. The van der Waals surface area contributed by atoms with Crippen LogP contribution in [0.5, 0.6) is 0 Å². The average molecular weight is 381 g/mol. The van der Waals surface area contributed by atoms with Crippen LogP contribution in [0.1, 0.15) is 13.8 Å². The molecule has 0 aromatic heterocycles. The van der Waals surface area contributed by atoms with Crippen LogP contribution in [-0.4, -0.2) is 5.91 Å². The van der Waals surface area contributed by atoms with Crippen molar-refractivity contribution in [2.75, 3.05) is 5.32 Å². The molecule has 1 N–H and O–H groups in total. The van der Waals surface area contributed by atoms with E-state index in [-0.39, 0.29) is 5.91 Å². The van der Waals surface area contributed by atoms with Crippen LogP contribution < -0.4 is 5.32 Å². The monoisotopic (exact) mass is 379 g/mol. The van der Waals surface area contributed by atoms with Gasteiger partial charge in [-0.15, -0.1) is 0 Å². The zero-order valence-corrected chi connectivity index (χ0v) is 13.4. The second-order valence-corrected chi connectivity index (χ2v) is 7.33. The fourth-order valence-electron chi connectivity index (χ4n) is 1.16. The Labute approximate surface area is 123 Å². The normalized spacial score (nSPS) is 10.9. The zero-order chi connectivity index (χ0) is 13.1. The molecule has 2 nitrogen and oxygen atoms in total. The van der Waals surface area contributed by atoms with Crippen molar-refractivity contribution in [3.05, 3.63) is 38.8 Å². The molecule has 0 radical (unpaired) electrons. The second-order valence-electron chi connectivity index (χ2n) is 4.12. The number of hydrogen-bond donors (Lipinski definition) is 1. The largest absolute Gasteiger partial charge is 0.325 e. The van der Waals surface area contributed by atoms with E-state index < -0.39 is 5.41 Å². The molecule has 0 fully saturated rings. The number of hydrogen-bond acceptors (Lipinski definition) is 1. The van der Waals surface area contributed by atoms with Crippen molar-refractivity contribution in [3.8, 4) is 0 Å². The molecule has 0 aliphatic heterocycles. The predicted octanol–water partition coefficient (Wildman–Crippen LogP) is 4.94. The summed E-state index contributed by atoms with van der Waals surface area (Å²) in [5.41, 5.74) is 0.119. The molecular formula is C12H12Br2ClNO. The maximum Gasteiger partial charge on any atom is 0.233 e. The lowest BCUT2D eigenvalue weighted by Crippen LogP contribution is -2.28. The SMILES string of the molecule is CC(C)(C=C(Br)Br)C(=O)Nc1ccc(Cl)cc1. The van der Waals surface area contributed by atoms with Crippen molar-refractivity contribution in [2.45, 2.75) is 13.8 Å². The maximum absolute atomic E-state index is 12.0. The van der Waals surface area contributed by atoms with Crippen LogP contribution in [0.25, 0.3) is 0 Å². The molecule has 0 spiro atoms. The highest BCUT2D eigenvalue weighted by molar-refractivity contribution is 9.28. The first kappa shape index (κ1) is 14.7. The van der Waals surface area contributed by atoms with Gasteiger partial charge in [-0.2, -0.15) is 0 Å². The second kappa shape index (κ2) is 6.03. The quantitative estimate of drug-likeness (QED) is 0.790. The molecule has 1 aromatic carbocycles. The number of halogens is 3. The Morgan fingerprint density at radius 2 is 1.82 bits per heavy atom. The summed E-state index contributed by atoms with van der Waals surface area (Å²) in [5, 5.41) is 3.47. The Hall–Kier alpha value is -0.320. The van der Waals surface area contributed by atoms with Gasteiger partial charge in [0, 0.05) is 10.7 Å². The van der Waals surface area contributed by atoms with Crippen molar-refractivity contribution < 1.29 is 4.79 Å². The topological polar surface area (TPSA) is 29.1 Å². The van der Waals surface area contributed by atoms with Crippen molar-refractivity contribution in [3.63, 3.8) is 0 Å². The van der Waals surface area contributed by atoms with Crippen molar-refractivity contribution in [1.82, 2.24) is 0 Å². The summed E-state index contributed by atoms with van der Waals surface area (Å²) in [4.78, 5) is 12.0. The van der Waals surface area contributed by atoms with Crippen molar-refractivity contribution >= 4 is 55.1 Å². The van der Waals surface area contributed by atoms with Crippen LogP contribution in [-0.2, 0) is 4.79 Å². The number of anilines is 1. The minimum Gasteiger partial charge on any atom is -0.325 e. The molecule has 17 heavy (non-hydrogen) atoms. The number of rotatable bonds is 3. The van der Waals surface area contributed by atoms with Gasteiger partial charge < -0.3 is 5.32 Å². The van der Waals surface area contributed by atoms with E-state index in [4.69, 9.17) is 11.6 Å². The summed E-state index contributed by atoms with van der Waals surface area (Å²) in [6.45, 7) is 3.67. The third-order valence-electron chi connectivity index (χ3n) is 2.16. The average Bonchev–Trinajstić information content (AvgIpc) is 2.19. The van der Waals surface area contributed by atoms with Crippen LogP contribution in [0.2, 0.25) is 5.02 Å². The Bertz CT molecular complexity index is 436. The first-order valence-electron chi connectivity index (χ1n) is 4.92. The summed E-state index contributed by atoms with van der Waals surface area (Å²) >= 11 is 12.3. The van der Waals surface area contributed by atoms with Gasteiger partial charge in [-0.3, -0.25) is 4.79 Å². The molecule has 0 saturated heterocycles. The molecule has 1 rings (SSSR count). The standard InChI is InChI=1S/C12H12Br2ClNO/c1-12(2,7-10(13)14)11(17)16-9-5-3-8(15)4-6-9/h3-7H,1-2H3,(H,16,17). The van der Waals surface area contributed by atoms with Crippen LogP contribution in [0.3, 0.4) is 0 Å². The number of benzene rings is 1. The van der Waals surface area contributed by atoms with Gasteiger partial charge in [-0.1, -0.05) is 11.6 Å². The molecule has 92 valence electrons. The fraction of sp³-hybridized carbons (Fsp3) is 0.250. The van der Waals surface area contributed by atoms with Gasteiger partial charge >= 0.3 is 0 Å². The molecule has 0 aliphatic carbocycles. The van der Waals surface area contributed by atoms with E-state index in [0.29, 0.717) is 5.02 Å². The molecular weight excluding hydrogens is 369 g/mol. The molecule has 0 unspecified atom stereocenters. The minimum atomic E-state index is -0.609. The summed E-state index contributed by atoms with van der Waals surface area (Å²) in [6.07, 6.45) is 1.79. The highest BCUT2D eigenvalue weighted by Gasteiger charge is 2.25. The van der Waals surface area contributed by atoms with E-state index >= 15 is 0 Å². The van der Waals surface area contributed by atoms with Gasteiger partial charge in [0.25, 0.3) is 0 Å². The zero-order valence-electron chi connectivity index (χ0n) is 9.43. The van der Waals surface area contributed by atoms with Crippen LogP contribution >= 0.6 is 43.5 Å². The molecule has 0 saturated carbocycles. The Kier molecular flexibility index (Phi) is 5.22. The van der Waals surface area contributed by atoms with E-state index in [9.17, 15) is 4.79 Å². The molecule has 1 amide bonds. The first-order valence-corrected chi connectivity index (χ1v) is 6.88. The highest BCUT2D eigenvalue weighted by atomic mass is 79.9. The number of carbonyl (C=O) groups is 1. The molecule has 0 bridgehead atoms. The van der Waals surface area contributed by atoms with E-state index in [2.05, 4.69) is 37.2 Å². The van der Waals surface area contributed by atoms with Gasteiger partial charge in [0.05, 0.1) is 8.81 Å². The van der Waals surface area contributed by atoms with Crippen LogP contribution in [0.4, 0.5) is 5.69 Å². The van der Waals surface area contributed by atoms with E-state index in [1.807, 2.05) is 13.8 Å². The highest BCUT2D eigenvalue weighted by Crippen LogP contribution is 2.27. The van der Waals surface area contributed by atoms with Gasteiger partial charge in [0.15, 0.2) is 0 Å². The van der Waals surface area contributed by atoms with Gasteiger partial charge in [0.2, 0.25) is 5.91 Å². The summed E-state index contributed by atoms with van der Waals surface area (Å²) in [7, 11) is 0. The lowest BCUT2D eigenvalue weighted by Gasteiger charge is -2.19. The van der Waals surface area contributed by atoms with Crippen LogP contribution in [0.15, 0.2) is 33.7 Å². The van der Waals surface area contributed by atoms with Crippen molar-refractivity contribution in [1.29, 1.82) is 0 Å². The fourth-order valence-corrected chi connectivity index (χ4v) is 2.43. The summed E-state index contributed by atoms with van der Waals surface area (Å²) in [6, 6.07) is 7.01. The van der Waals surface area contributed by atoms with E-state index in [0.717, 1.165) is 9.08 Å². The predicted molar refractivity (Wildman–Crippen MR) is 79.8 cm³/mol. The van der Waals surface area contributed by atoms with Gasteiger partial charge in [-0.05, 0) is 76.0 Å². The Balaban J connectivity index is 2.79. The van der Waals surface area contributed by atoms with Gasteiger partial charge in [-0.25, -0.2) is 0 Å². The number of amides is 1. The minimum absolute atomic E-state index is 0.0868. The summed E-state index contributed by atoms with van der Waals surface area (Å²) in [5.74, 6) is -0.0868. The summed E-state index contributed by atoms with van der Waals surface area (Å²) < 4.78 is 0.751. The first-order chi connectivity index (χ1) is 7.81. The lowest BCUT2D eigenvalue weighted by molar-refractivity contribution is -0.121. The van der Waals surface area contributed by atoms with E-state index in [1.54, 1.807) is 30.3 Å². The smallest absolute Gasteiger partial charge is 0.233 e. The number of carbonyl (C=O) groups excluding carboxylic acids is 1. The molecule has 5 heteroatoms. The lowest BCUT2D eigenvalue weighted by atomic mass is 9.92. The van der Waals surface area contributed by atoms with Gasteiger partial charge in [0.1, 0.15) is 0 Å².